The normalized spacial score (nSPS) is 14.5. The number of rotatable bonds is 14. The highest BCUT2D eigenvalue weighted by atomic mass is 32.2. The molecule has 3 aromatic carbocycles. The Kier molecular flexibility index (Phi) is 10.9. The topological polar surface area (TPSA) is 146 Å². The number of piperazine rings is 1. The molecule has 2 heterocycles. The van der Waals surface area contributed by atoms with Crippen molar-refractivity contribution in [3.05, 3.63) is 83.2 Å². The van der Waals surface area contributed by atoms with E-state index in [0.717, 1.165) is 17.9 Å². The highest BCUT2D eigenvalue weighted by molar-refractivity contribution is 7.99. The third-order valence-corrected chi connectivity index (χ3v) is 10.6. The maximum Gasteiger partial charge on any atom is 0.316 e. The van der Waals surface area contributed by atoms with Crippen LogP contribution in [0.4, 0.5) is 22.9 Å². The molecule has 1 saturated heterocycles. The molecule has 12 nitrogen and oxygen atoms in total. The number of aromatic nitrogens is 2. The zero-order valence-electron chi connectivity index (χ0n) is 26.2. The molecular weight excluding hydrogens is 625 g/mol. The molecule has 1 aliphatic rings. The number of fused-ring (bicyclic) bond motifs is 1. The Morgan fingerprint density at radius 2 is 1.76 bits per heavy atom. The molecule has 244 valence electrons. The van der Waals surface area contributed by atoms with Crippen molar-refractivity contribution in [1.29, 1.82) is 0 Å². The minimum absolute atomic E-state index is 0.0659. The van der Waals surface area contributed by atoms with E-state index < -0.39 is 14.9 Å². The van der Waals surface area contributed by atoms with Crippen LogP contribution in [0.15, 0.2) is 82.8 Å². The first-order valence-electron chi connectivity index (χ1n) is 15.3. The van der Waals surface area contributed by atoms with Crippen LogP contribution in [0.1, 0.15) is 20.3 Å². The van der Waals surface area contributed by atoms with Gasteiger partial charge < -0.3 is 20.4 Å². The number of nitrogens with one attached hydrogen (secondary N) is 3. The number of anilines is 3. The molecule has 1 aromatic heterocycles. The third-order valence-electron chi connectivity index (χ3n) is 8.06. The number of thioether (sulfide) groups is 1. The van der Waals surface area contributed by atoms with Crippen LogP contribution in [0, 0.1) is 10.1 Å². The number of nitro benzene ring substituents is 1. The second kappa shape index (κ2) is 15.1. The summed E-state index contributed by atoms with van der Waals surface area (Å²) in [5.41, 5.74) is 0.668. The van der Waals surface area contributed by atoms with Crippen molar-refractivity contribution in [2.24, 2.45) is 0 Å². The van der Waals surface area contributed by atoms with E-state index in [0.29, 0.717) is 48.9 Å². The fraction of sp³-hybridized carbons (Fsp3) is 0.375. The molecule has 0 radical (unpaired) electrons. The molecule has 1 unspecified atom stereocenters. The zero-order chi connectivity index (χ0) is 32.7. The standard InChI is InChI=1S/C32H40N8O4S2/c1-23(2)38(3)18-15-24(21-45-25-9-5-4-6-10-25)36-28-13-14-29(31(30(28)40(41)42)39-19-16-33-17-20-39)46(43,44)37-32-26-11-7-8-12-27(26)34-22-35-32/h4-14,22-24,33,36H,15-21H2,1-3H3,(H,34,35,37). The average Bonchev–Trinajstić information content (AvgIpc) is 3.06. The molecule has 14 heteroatoms. The smallest absolute Gasteiger partial charge is 0.316 e. The van der Waals surface area contributed by atoms with Crippen molar-refractivity contribution in [3.8, 4) is 0 Å². The SMILES string of the molecule is CC(C)N(C)CCC(CSc1ccccc1)Nc1ccc(S(=O)(=O)Nc2ncnc3ccccc23)c(N2CCNCC2)c1[N+](=O)[O-]. The van der Waals surface area contributed by atoms with Crippen molar-refractivity contribution in [3.63, 3.8) is 0 Å². The second-order valence-corrected chi connectivity index (χ2v) is 14.2. The Labute approximate surface area is 274 Å². The lowest BCUT2D eigenvalue weighted by Crippen LogP contribution is -2.44. The maximum atomic E-state index is 14.1. The van der Waals surface area contributed by atoms with Crippen molar-refractivity contribution in [2.45, 2.75) is 42.1 Å². The molecule has 0 bridgehead atoms. The first kappa shape index (κ1) is 33.4. The molecule has 1 atom stereocenters. The molecular formula is C32H40N8O4S2. The Hall–Kier alpha value is -3.98. The summed E-state index contributed by atoms with van der Waals surface area (Å²) in [6.45, 7) is 7.00. The van der Waals surface area contributed by atoms with E-state index in [4.69, 9.17) is 0 Å². The summed E-state index contributed by atoms with van der Waals surface area (Å²) in [7, 11) is -2.25. The molecule has 46 heavy (non-hydrogen) atoms. The first-order valence-corrected chi connectivity index (χ1v) is 17.7. The van der Waals surface area contributed by atoms with Gasteiger partial charge in [-0.25, -0.2) is 18.4 Å². The molecule has 3 N–H and O–H groups in total. The minimum Gasteiger partial charge on any atom is -0.376 e. The zero-order valence-corrected chi connectivity index (χ0v) is 27.9. The van der Waals surface area contributed by atoms with E-state index in [1.165, 1.54) is 18.5 Å². The summed E-state index contributed by atoms with van der Waals surface area (Å²) in [4.78, 5) is 25.8. The number of hydrogen-bond donors (Lipinski definition) is 3. The van der Waals surface area contributed by atoms with Crippen LogP contribution in [0.25, 0.3) is 10.9 Å². The maximum absolute atomic E-state index is 14.1. The van der Waals surface area contributed by atoms with E-state index in [1.54, 1.807) is 40.9 Å². The third kappa shape index (κ3) is 8.05. The molecule has 0 spiro atoms. The van der Waals surface area contributed by atoms with Gasteiger partial charge in [0.2, 0.25) is 0 Å². The number of sulfonamides is 1. The number of nitro groups is 1. The summed E-state index contributed by atoms with van der Waals surface area (Å²) >= 11 is 1.68. The predicted octanol–water partition coefficient (Wildman–Crippen LogP) is 5.05. The molecule has 1 fully saturated rings. The summed E-state index contributed by atoms with van der Waals surface area (Å²) in [5, 5.41) is 20.1. The van der Waals surface area contributed by atoms with E-state index in [1.807, 2.05) is 30.3 Å². The van der Waals surface area contributed by atoms with Crippen LogP contribution in [0.2, 0.25) is 0 Å². The Balaban J connectivity index is 1.54. The van der Waals surface area contributed by atoms with E-state index in [9.17, 15) is 18.5 Å². The van der Waals surface area contributed by atoms with Gasteiger partial charge in [0.05, 0.1) is 10.4 Å². The van der Waals surface area contributed by atoms with Gasteiger partial charge in [0.15, 0.2) is 5.82 Å². The van der Waals surface area contributed by atoms with Crippen molar-refractivity contribution in [1.82, 2.24) is 20.2 Å². The summed E-state index contributed by atoms with van der Waals surface area (Å²) in [6, 6.07) is 20.3. The second-order valence-electron chi connectivity index (χ2n) is 11.5. The largest absolute Gasteiger partial charge is 0.376 e. The Morgan fingerprint density at radius 1 is 1.04 bits per heavy atom. The van der Waals surface area contributed by atoms with Gasteiger partial charge in [0, 0.05) is 60.8 Å². The quantitative estimate of drug-likeness (QED) is 0.0946. The number of para-hydroxylation sites is 1. The van der Waals surface area contributed by atoms with Gasteiger partial charge in [-0.15, -0.1) is 11.8 Å². The van der Waals surface area contributed by atoms with Gasteiger partial charge in [-0.05, 0) is 63.7 Å². The van der Waals surface area contributed by atoms with Crippen LogP contribution in [-0.4, -0.2) is 85.8 Å². The molecule has 4 aromatic rings. The summed E-state index contributed by atoms with van der Waals surface area (Å²) < 4.78 is 30.7. The van der Waals surface area contributed by atoms with Gasteiger partial charge in [0.1, 0.15) is 22.6 Å². The van der Waals surface area contributed by atoms with Crippen LogP contribution < -0.4 is 20.3 Å². The monoisotopic (exact) mass is 664 g/mol. The fourth-order valence-electron chi connectivity index (χ4n) is 5.29. The lowest BCUT2D eigenvalue weighted by molar-refractivity contribution is -0.383. The summed E-state index contributed by atoms with van der Waals surface area (Å²) in [6.07, 6.45) is 2.02. The van der Waals surface area contributed by atoms with Crippen LogP contribution in [0.3, 0.4) is 0 Å². The van der Waals surface area contributed by atoms with Crippen LogP contribution in [0.5, 0.6) is 0 Å². The molecule has 0 saturated carbocycles. The van der Waals surface area contributed by atoms with Gasteiger partial charge >= 0.3 is 5.69 Å². The highest BCUT2D eigenvalue weighted by Crippen LogP contribution is 2.42. The number of nitrogens with zero attached hydrogens (tertiary/aromatic N) is 5. The average molecular weight is 665 g/mol. The molecule has 1 aliphatic heterocycles. The predicted molar refractivity (Wildman–Crippen MR) is 185 cm³/mol. The van der Waals surface area contributed by atoms with E-state index in [-0.39, 0.29) is 33.8 Å². The van der Waals surface area contributed by atoms with Crippen molar-refractivity contribution >= 4 is 55.6 Å². The number of benzene rings is 3. The Bertz CT molecular complexity index is 1750. The van der Waals surface area contributed by atoms with Crippen LogP contribution >= 0.6 is 11.8 Å². The van der Waals surface area contributed by atoms with Crippen molar-refractivity contribution in [2.75, 3.05) is 60.5 Å². The Morgan fingerprint density at radius 3 is 2.48 bits per heavy atom. The molecule has 0 amide bonds. The molecule has 0 aliphatic carbocycles. The lowest BCUT2D eigenvalue weighted by Gasteiger charge is -2.31. The lowest BCUT2D eigenvalue weighted by atomic mass is 10.1. The van der Waals surface area contributed by atoms with Crippen molar-refractivity contribution < 1.29 is 13.3 Å². The fourth-order valence-corrected chi connectivity index (χ4v) is 7.54. The van der Waals surface area contributed by atoms with Gasteiger partial charge in [0.25, 0.3) is 10.0 Å². The summed E-state index contributed by atoms with van der Waals surface area (Å²) in [5.74, 6) is 0.771. The molecule has 5 rings (SSSR count). The van der Waals surface area contributed by atoms with E-state index in [2.05, 4.69) is 51.1 Å². The van der Waals surface area contributed by atoms with Crippen LogP contribution in [-0.2, 0) is 10.0 Å². The van der Waals surface area contributed by atoms with Gasteiger partial charge in [-0.1, -0.05) is 30.3 Å². The highest BCUT2D eigenvalue weighted by Gasteiger charge is 2.34. The first-order chi connectivity index (χ1) is 22.1. The van der Waals surface area contributed by atoms with Gasteiger partial charge in [-0.3, -0.25) is 14.8 Å². The van der Waals surface area contributed by atoms with E-state index >= 15 is 0 Å². The number of hydrogen-bond acceptors (Lipinski definition) is 11. The minimum atomic E-state index is -4.31. The van der Waals surface area contributed by atoms with Gasteiger partial charge in [-0.2, -0.15) is 0 Å².